The van der Waals surface area contributed by atoms with Crippen LogP contribution < -0.4 is 0 Å². The van der Waals surface area contributed by atoms with Gasteiger partial charge in [-0.1, -0.05) is 68.4 Å². The van der Waals surface area contributed by atoms with Crippen LogP contribution in [0.15, 0.2) is 72.9 Å². The summed E-state index contributed by atoms with van der Waals surface area (Å²) < 4.78 is 2.22. The second kappa shape index (κ2) is 6.76. The van der Waals surface area contributed by atoms with Gasteiger partial charge in [0, 0.05) is 34.5 Å². The van der Waals surface area contributed by atoms with E-state index in [4.69, 9.17) is 0 Å². The van der Waals surface area contributed by atoms with E-state index in [1.807, 2.05) is 30.3 Å². The monoisotopic (exact) mass is 355 g/mol. The van der Waals surface area contributed by atoms with Crippen LogP contribution >= 0.6 is 0 Å². The molecule has 0 aliphatic rings. The summed E-state index contributed by atoms with van der Waals surface area (Å²) >= 11 is 0. The Bertz CT molecular complexity index is 1170. The Morgan fingerprint density at radius 2 is 1.70 bits per heavy atom. The zero-order chi connectivity index (χ0) is 19.0. The highest BCUT2D eigenvalue weighted by Gasteiger charge is 2.21. The number of carboxylic acids is 1. The van der Waals surface area contributed by atoms with Crippen LogP contribution in [0.1, 0.15) is 31.0 Å². The molecule has 0 amide bonds. The zero-order valence-electron chi connectivity index (χ0n) is 15.4. The molecular weight excluding hydrogens is 334 g/mol. The molecule has 0 fully saturated rings. The number of benzene rings is 2. The number of rotatable bonds is 4. The Hall–Kier alpha value is -3.33. The van der Waals surface area contributed by atoms with Crippen molar-refractivity contribution in [1.82, 2.24) is 4.40 Å². The Morgan fingerprint density at radius 1 is 1.00 bits per heavy atom. The van der Waals surface area contributed by atoms with Gasteiger partial charge in [-0.2, -0.15) is 0 Å². The van der Waals surface area contributed by atoms with Gasteiger partial charge < -0.3 is 9.51 Å². The summed E-state index contributed by atoms with van der Waals surface area (Å²) in [5.74, 6) is -0.701. The molecule has 2 aromatic carbocycles. The SMILES string of the molecule is CC(C)c1c(C=CC(=O)O)c(-c2ccccc2)c2c3ccccc3ccn12. The van der Waals surface area contributed by atoms with E-state index in [2.05, 4.69) is 54.8 Å². The van der Waals surface area contributed by atoms with E-state index in [9.17, 15) is 9.90 Å². The fraction of sp³-hybridized carbons (Fsp3) is 0.125. The van der Waals surface area contributed by atoms with Crippen LogP contribution in [0, 0.1) is 0 Å². The van der Waals surface area contributed by atoms with Gasteiger partial charge in [0.15, 0.2) is 0 Å². The average Bonchev–Trinajstić information content (AvgIpc) is 3.01. The van der Waals surface area contributed by atoms with E-state index in [0.717, 1.165) is 33.3 Å². The lowest BCUT2D eigenvalue weighted by Crippen LogP contribution is -1.97. The van der Waals surface area contributed by atoms with E-state index >= 15 is 0 Å². The predicted octanol–water partition coefficient (Wildman–Crippen LogP) is 5.98. The number of carbonyl (C=O) groups is 1. The van der Waals surface area contributed by atoms with Crippen molar-refractivity contribution in [2.75, 3.05) is 0 Å². The second-order valence-electron chi connectivity index (χ2n) is 6.99. The van der Waals surface area contributed by atoms with E-state index in [1.165, 1.54) is 11.5 Å². The predicted molar refractivity (Wildman–Crippen MR) is 111 cm³/mol. The Labute approximate surface area is 158 Å². The maximum Gasteiger partial charge on any atom is 0.328 e. The number of pyridine rings is 1. The third kappa shape index (κ3) is 2.91. The minimum atomic E-state index is -0.941. The first-order valence-electron chi connectivity index (χ1n) is 9.10. The Balaban J connectivity index is 2.23. The van der Waals surface area contributed by atoms with Gasteiger partial charge in [-0.3, -0.25) is 0 Å². The highest BCUT2D eigenvalue weighted by molar-refractivity contribution is 6.07. The molecule has 0 atom stereocenters. The van der Waals surface area contributed by atoms with Crippen LogP contribution in [0.3, 0.4) is 0 Å². The molecule has 0 bridgehead atoms. The minimum Gasteiger partial charge on any atom is -0.478 e. The first-order valence-corrected chi connectivity index (χ1v) is 9.10. The lowest BCUT2D eigenvalue weighted by molar-refractivity contribution is -0.131. The van der Waals surface area contributed by atoms with Crippen molar-refractivity contribution in [2.45, 2.75) is 19.8 Å². The normalized spacial score (nSPS) is 11.8. The van der Waals surface area contributed by atoms with E-state index < -0.39 is 5.97 Å². The van der Waals surface area contributed by atoms with Crippen molar-refractivity contribution >= 4 is 28.3 Å². The van der Waals surface area contributed by atoms with Gasteiger partial charge in [0.25, 0.3) is 0 Å². The molecule has 0 radical (unpaired) electrons. The minimum absolute atomic E-state index is 0.240. The molecule has 0 saturated heterocycles. The number of nitrogens with zero attached hydrogens (tertiary/aromatic N) is 1. The molecule has 0 spiro atoms. The fourth-order valence-corrected chi connectivity index (χ4v) is 3.87. The average molecular weight is 355 g/mol. The van der Waals surface area contributed by atoms with Crippen LogP contribution in [0.2, 0.25) is 0 Å². The molecule has 134 valence electrons. The van der Waals surface area contributed by atoms with Gasteiger partial charge in [0.2, 0.25) is 0 Å². The number of aromatic nitrogens is 1. The number of fused-ring (bicyclic) bond motifs is 3. The molecule has 0 aliphatic heterocycles. The fourth-order valence-electron chi connectivity index (χ4n) is 3.87. The van der Waals surface area contributed by atoms with Crippen LogP contribution in [-0.2, 0) is 4.79 Å². The summed E-state index contributed by atoms with van der Waals surface area (Å²) in [5.41, 5.74) is 5.37. The van der Waals surface area contributed by atoms with Gasteiger partial charge in [0.1, 0.15) is 0 Å². The van der Waals surface area contributed by atoms with Crippen LogP contribution in [-0.4, -0.2) is 15.5 Å². The zero-order valence-corrected chi connectivity index (χ0v) is 15.4. The molecule has 3 heteroatoms. The van der Waals surface area contributed by atoms with Gasteiger partial charge in [-0.15, -0.1) is 0 Å². The summed E-state index contributed by atoms with van der Waals surface area (Å²) in [7, 11) is 0. The molecule has 0 unspecified atom stereocenters. The van der Waals surface area contributed by atoms with Crippen LogP contribution in [0.4, 0.5) is 0 Å². The smallest absolute Gasteiger partial charge is 0.328 e. The lowest BCUT2D eigenvalue weighted by atomic mass is 9.96. The Kier molecular flexibility index (Phi) is 4.28. The molecule has 0 saturated carbocycles. The maximum absolute atomic E-state index is 11.2. The largest absolute Gasteiger partial charge is 0.478 e. The molecular formula is C24H21NO2. The van der Waals surface area contributed by atoms with E-state index in [-0.39, 0.29) is 5.92 Å². The highest BCUT2D eigenvalue weighted by atomic mass is 16.4. The van der Waals surface area contributed by atoms with Crippen LogP contribution in [0.25, 0.3) is 33.5 Å². The van der Waals surface area contributed by atoms with Crippen molar-refractivity contribution in [2.24, 2.45) is 0 Å². The Morgan fingerprint density at radius 3 is 2.41 bits per heavy atom. The van der Waals surface area contributed by atoms with Crippen molar-refractivity contribution in [3.8, 4) is 11.1 Å². The molecule has 0 aliphatic carbocycles. The summed E-state index contributed by atoms with van der Waals surface area (Å²) in [5, 5.41) is 11.6. The van der Waals surface area contributed by atoms with Crippen molar-refractivity contribution in [1.29, 1.82) is 0 Å². The molecule has 2 aromatic heterocycles. The summed E-state index contributed by atoms with van der Waals surface area (Å²) in [6, 6.07) is 20.6. The molecule has 2 heterocycles. The number of hydrogen-bond donors (Lipinski definition) is 1. The number of carboxylic acid groups (broad SMARTS) is 1. The first kappa shape index (κ1) is 17.1. The van der Waals surface area contributed by atoms with E-state index in [1.54, 1.807) is 6.08 Å². The topological polar surface area (TPSA) is 41.7 Å². The molecule has 4 aromatic rings. The van der Waals surface area contributed by atoms with Gasteiger partial charge in [0.05, 0.1) is 5.52 Å². The first-order chi connectivity index (χ1) is 13.1. The number of hydrogen-bond acceptors (Lipinski definition) is 1. The summed E-state index contributed by atoms with van der Waals surface area (Å²) in [6.07, 6.45) is 5.06. The summed E-state index contributed by atoms with van der Waals surface area (Å²) in [4.78, 5) is 11.2. The van der Waals surface area contributed by atoms with Gasteiger partial charge >= 0.3 is 5.97 Å². The third-order valence-corrected chi connectivity index (χ3v) is 4.90. The summed E-state index contributed by atoms with van der Waals surface area (Å²) in [6.45, 7) is 4.29. The van der Waals surface area contributed by atoms with Crippen molar-refractivity contribution in [3.63, 3.8) is 0 Å². The van der Waals surface area contributed by atoms with Gasteiger partial charge in [-0.25, -0.2) is 4.79 Å². The molecule has 3 nitrogen and oxygen atoms in total. The molecule has 4 rings (SSSR count). The lowest BCUT2D eigenvalue weighted by Gasteiger charge is -2.09. The maximum atomic E-state index is 11.2. The highest BCUT2D eigenvalue weighted by Crippen LogP contribution is 2.40. The number of aliphatic carboxylic acids is 1. The van der Waals surface area contributed by atoms with E-state index in [0.29, 0.717) is 0 Å². The molecule has 27 heavy (non-hydrogen) atoms. The standard InChI is InChI=1S/C24H21NO2/c1-16(2)23-20(12-13-21(26)27)22(18-9-4-3-5-10-18)24-19-11-7-6-8-17(19)14-15-25(23)24/h3-16H,1-2H3,(H,26,27). The quantitative estimate of drug-likeness (QED) is 0.457. The van der Waals surface area contributed by atoms with Crippen molar-refractivity contribution < 1.29 is 9.90 Å². The third-order valence-electron chi connectivity index (χ3n) is 4.90. The van der Waals surface area contributed by atoms with Crippen LogP contribution in [0.5, 0.6) is 0 Å². The second-order valence-corrected chi connectivity index (χ2v) is 6.99. The van der Waals surface area contributed by atoms with Crippen molar-refractivity contribution in [3.05, 3.63) is 84.2 Å². The molecule has 1 N–H and O–H groups in total. The van der Waals surface area contributed by atoms with Gasteiger partial charge in [-0.05, 0) is 29.0 Å².